The second kappa shape index (κ2) is 9.01. The Labute approximate surface area is 184 Å². The molecule has 3 aromatic rings. The van der Waals surface area contributed by atoms with Crippen LogP contribution in [0.1, 0.15) is 30.5 Å². The van der Waals surface area contributed by atoms with Gasteiger partial charge in [0.25, 0.3) is 5.78 Å². The normalized spacial score (nSPS) is 17.6. The molecular formula is C25H21FN2O4. The maximum absolute atomic E-state index is 13.6. The van der Waals surface area contributed by atoms with Crippen molar-refractivity contribution in [3.8, 4) is 5.75 Å². The van der Waals surface area contributed by atoms with Gasteiger partial charge in [0.05, 0.1) is 18.2 Å². The molecule has 2 heterocycles. The van der Waals surface area contributed by atoms with E-state index >= 15 is 0 Å². The third-order valence-corrected chi connectivity index (χ3v) is 5.13. The highest BCUT2D eigenvalue weighted by atomic mass is 19.1. The first-order valence-electron chi connectivity index (χ1n) is 10.2. The minimum atomic E-state index is -0.957. The summed E-state index contributed by atoms with van der Waals surface area (Å²) in [6.45, 7) is 2.56. The molecular weight excluding hydrogens is 411 g/mol. The molecule has 1 atom stereocenters. The first-order chi connectivity index (χ1) is 15.5. The van der Waals surface area contributed by atoms with Gasteiger partial charge in [0.1, 0.15) is 23.1 Å². The van der Waals surface area contributed by atoms with Gasteiger partial charge in [0, 0.05) is 11.8 Å². The highest BCUT2D eigenvalue weighted by Crippen LogP contribution is 2.41. The van der Waals surface area contributed by atoms with Crippen molar-refractivity contribution in [3.63, 3.8) is 0 Å². The van der Waals surface area contributed by atoms with Crippen molar-refractivity contribution >= 4 is 23.3 Å². The number of amides is 1. The first-order valence-corrected chi connectivity index (χ1v) is 10.2. The van der Waals surface area contributed by atoms with Gasteiger partial charge in [-0.2, -0.15) is 0 Å². The zero-order valence-corrected chi connectivity index (χ0v) is 17.4. The quantitative estimate of drug-likeness (QED) is 0.349. The minimum absolute atomic E-state index is 0.0884. The van der Waals surface area contributed by atoms with Crippen molar-refractivity contribution in [2.45, 2.75) is 19.4 Å². The summed E-state index contributed by atoms with van der Waals surface area (Å²) in [5.74, 6) is -1.54. The van der Waals surface area contributed by atoms with Crippen LogP contribution in [0.3, 0.4) is 0 Å². The zero-order chi connectivity index (χ0) is 22.7. The maximum Gasteiger partial charge on any atom is 0.301 e. The molecule has 162 valence electrons. The molecule has 0 unspecified atom stereocenters. The van der Waals surface area contributed by atoms with Crippen LogP contribution in [0.4, 0.5) is 10.2 Å². The van der Waals surface area contributed by atoms with E-state index in [-0.39, 0.29) is 17.2 Å². The molecule has 4 rings (SSSR count). The van der Waals surface area contributed by atoms with Gasteiger partial charge in [-0.25, -0.2) is 9.37 Å². The number of aliphatic hydroxyl groups is 1. The molecule has 0 bridgehead atoms. The van der Waals surface area contributed by atoms with E-state index < -0.39 is 23.5 Å². The fourth-order valence-electron chi connectivity index (χ4n) is 3.61. The van der Waals surface area contributed by atoms with Crippen LogP contribution in [0, 0.1) is 5.82 Å². The number of ketones is 1. The molecule has 1 aromatic heterocycles. The van der Waals surface area contributed by atoms with E-state index in [1.807, 2.05) is 6.92 Å². The molecule has 7 heteroatoms. The number of carbonyl (C=O) groups is 2. The van der Waals surface area contributed by atoms with Crippen LogP contribution in [-0.4, -0.2) is 28.4 Å². The summed E-state index contributed by atoms with van der Waals surface area (Å²) in [4.78, 5) is 31.4. The highest BCUT2D eigenvalue weighted by molar-refractivity contribution is 6.51. The Morgan fingerprint density at radius 1 is 1.06 bits per heavy atom. The number of nitrogens with zero attached hydrogens (tertiary/aromatic N) is 2. The molecule has 1 aliphatic heterocycles. The number of aliphatic hydroxyl groups excluding tert-OH is 1. The number of ether oxygens (including phenoxy) is 1. The summed E-state index contributed by atoms with van der Waals surface area (Å²) in [6, 6.07) is 16.1. The molecule has 0 aliphatic carbocycles. The molecule has 0 spiro atoms. The van der Waals surface area contributed by atoms with Crippen LogP contribution < -0.4 is 9.64 Å². The van der Waals surface area contributed by atoms with Crippen LogP contribution in [0.2, 0.25) is 0 Å². The number of hydrogen-bond acceptors (Lipinski definition) is 5. The number of Topliss-reactive ketones (excluding diaryl/α,β-unsaturated/α-hetero) is 1. The van der Waals surface area contributed by atoms with E-state index in [1.165, 1.54) is 35.4 Å². The van der Waals surface area contributed by atoms with Crippen molar-refractivity contribution in [2.75, 3.05) is 11.5 Å². The predicted molar refractivity (Wildman–Crippen MR) is 118 cm³/mol. The van der Waals surface area contributed by atoms with Gasteiger partial charge in [-0.1, -0.05) is 25.1 Å². The predicted octanol–water partition coefficient (Wildman–Crippen LogP) is 4.64. The van der Waals surface area contributed by atoms with Crippen molar-refractivity contribution in [3.05, 3.63) is 95.4 Å². The summed E-state index contributed by atoms with van der Waals surface area (Å²) in [5, 5.41) is 11.1. The Bertz CT molecular complexity index is 1160. The Balaban J connectivity index is 1.83. The van der Waals surface area contributed by atoms with Crippen LogP contribution in [0.25, 0.3) is 5.76 Å². The molecule has 1 saturated heterocycles. The third-order valence-electron chi connectivity index (χ3n) is 5.13. The lowest BCUT2D eigenvalue weighted by atomic mass is 9.95. The molecule has 1 N–H and O–H groups in total. The number of pyridine rings is 1. The average Bonchev–Trinajstić information content (AvgIpc) is 3.09. The smallest absolute Gasteiger partial charge is 0.301 e. The van der Waals surface area contributed by atoms with Crippen LogP contribution in [-0.2, 0) is 9.59 Å². The van der Waals surface area contributed by atoms with Gasteiger partial charge in [-0.05, 0) is 60.5 Å². The number of anilines is 1. The summed E-state index contributed by atoms with van der Waals surface area (Å²) < 4.78 is 19.1. The highest BCUT2D eigenvalue weighted by Gasteiger charge is 2.47. The van der Waals surface area contributed by atoms with E-state index in [0.29, 0.717) is 23.5 Å². The van der Waals surface area contributed by atoms with E-state index in [2.05, 4.69) is 4.98 Å². The molecule has 1 aliphatic rings. The van der Waals surface area contributed by atoms with Gasteiger partial charge in [-0.15, -0.1) is 0 Å². The number of hydrogen-bond donors (Lipinski definition) is 1. The summed E-state index contributed by atoms with van der Waals surface area (Å²) in [7, 11) is 0. The number of carbonyl (C=O) groups excluding carboxylic acids is 2. The molecule has 32 heavy (non-hydrogen) atoms. The number of aromatic nitrogens is 1. The fourth-order valence-corrected chi connectivity index (χ4v) is 3.61. The van der Waals surface area contributed by atoms with Crippen LogP contribution in [0.5, 0.6) is 5.75 Å². The lowest BCUT2D eigenvalue weighted by molar-refractivity contribution is -0.132. The lowest BCUT2D eigenvalue weighted by Gasteiger charge is -2.24. The maximum atomic E-state index is 13.6. The van der Waals surface area contributed by atoms with E-state index in [9.17, 15) is 19.1 Å². The second-order valence-electron chi connectivity index (χ2n) is 7.28. The van der Waals surface area contributed by atoms with Crippen molar-refractivity contribution < 1.29 is 23.8 Å². The Morgan fingerprint density at radius 2 is 1.78 bits per heavy atom. The Hall–Kier alpha value is -4.00. The van der Waals surface area contributed by atoms with E-state index in [1.54, 1.807) is 42.5 Å². The zero-order valence-electron chi connectivity index (χ0n) is 17.4. The monoisotopic (exact) mass is 432 g/mol. The Kier molecular flexibility index (Phi) is 5.98. The number of benzene rings is 2. The molecule has 1 amide bonds. The second-order valence-corrected chi connectivity index (χ2v) is 7.28. The summed E-state index contributed by atoms with van der Waals surface area (Å²) >= 11 is 0. The van der Waals surface area contributed by atoms with Gasteiger partial charge >= 0.3 is 5.91 Å². The van der Waals surface area contributed by atoms with Crippen molar-refractivity contribution in [2.24, 2.45) is 0 Å². The molecule has 1 fully saturated rings. The third kappa shape index (κ3) is 3.97. The van der Waals surface area contributed by atoms with Gasteiger partial charge < -0.3 is 9.84 Å². The van der Waals surface area contributed by atoms with Crippen molar-refractivity contribution in [1.29, 1.82) is 0 Å². The first kappa shape index (κ1) is 21.2. The SMILES string of the molecule is CCCOc1ccc(C(O)=C2C(=O)C(=O)N(c3ccccn3)[C@@H]2c2ccc(F)cc2)cc1. The van der Waals surface area contributed by atoms with Crippen LogP contribution >= 0.6 is 0 Å². The largest absolute Gasteiger partial charge is 0.507 e. The number of rotatable bonds is 6. The summed E-state index contributed by atoms with van der Waals surface area (Å²) in [6.07, 6.45) is 2.36. The molecule has 0 radical (unpaired) electrons. The summed E-state index contributed by atoms with van der Waals surface area (Å²) in [5.41, 5.74) is 0.746. The molecule has 6 nitrogen and oxygen atoms in total. The van der Waals surface area contributed by atoms with E-state index in [4.69, 9.17) is 4.74 Å². The van der Waals surface area contributed by atoms with Crippen LogP contribution in [0.15, 0.2) is 78.5 Å². The van der Waals surface area contributed by atoms with Gasteiger partial charge in [-0.3, -0.25) is 14.5 Å². The minimum Gasteiger partial charge on any atom is -0.507 e. The fraction of sp³-hybridized carbons (Fsp3) is 0.160. The topological polar surface area (TPSA) is 79.7 Å². The molecule has 0 saturated carbocycles. The number of halogens is 1. The van der Waals surface area contributed by atoms with Gasteiger partial charge in [0.15, 0.2) is 0 Å². The molecule has 2 aromatic carbocycles. The lowest BCUT2D eigenvalue weighted by Crippen LogP contribution is -2.30. The standard InChI is InChI=1S/C25H21FN2O4/c1-2-15-32-19-12-8-17(9-13-19)23(29)21-22(16-6-10-18(26)11-7-16)28(25(31)24(21)30)20-5-3-4-14-27-20/h3-14,22,29H,2,15H2,1H3/t22-/m1/s1. The van der Waals surface area contributed by atoms with E-state index in [0.717, 1.165) is 6.42 Å². The van der Waals surface area contributed by atoms with Gasteiger partial charge in [0.2, 0.25) is 0 Å². The average molecular weight is 432 g/mol. The van der Waals surface area contributed by atoms with Crippen molar-refractivity contribution in [1.82, 2.24) is 4.98 Å². The Morgan fingerprint density at radius 3 is 2.41 bits per heavy atom.